The summed E-state index contributed by atoms with van der Waals surface area (Å²) in [6.45, 7) is 0.748. The monoisotopic (exact) mass is 257 g/mol. The van der Waals surface area contributed by atoms with E-state index in [9.17, 15) is 9.59 Å². The molecule has 1 saturated heterocycles. The zero-order valence-electron chi connectivity index (χ0n) is 11.3. The SMILES string of the molecule is CN1CC[C@]2(c3ccccc3)CC(=O)CC[C@@H]2C1=O. The highest BCUT2D eigenvalue weighted by Gasteiger charge is 2.51. The zero-order chi connectivity index (χ0) is 13.5. The topological polar surface area (TPSA) is 37.4 Å². The summed E-state index contributed by atoms with van der Waals surface area (Å²) < 4.78 is 0. The Hall–Kier alpha value is -1.64. The molecule has 2 fully saturated rings. The third-order valence-corrected chi connectivity index (χ3v) is 4.81. The molecule has 2 aliphatic rings. The van der Waals surface area contributed by atoms with Crippen molar-refractivity contribution >= 4 is 11.7 Å². The Bertz CT molecular complexity index is 511. The van der Waals surface area contributed by atoms with Crippen LogP contribution in [0.15, 0.2) is 30.3 Å². The van der Waals surface area contributed by atoms with Crippen LogP contribution in [-0.2, 0) is 15.0 Å². The first kappa shape index (κ1) is 12.4. The van der Waals surface area contributed by atoms with Crippen LogP contribution in [0.5, 0.6) is 0 Å². The van der Waals surface area contributed by atoms with E-state index in [1.165, 1.54) is 0 Å². The number of hydrogen-bond donors (Lipinski definition) is 0. The van der Waals surface area contributed by atoms with Crippen LogP contribution < -0.4 is 0 Å². The number of ketones is 1. The van der Waals surface area contributed by atoms with Gasteiger partial charge in [-0.15, -0.1) is 0 Å². The first-order valence-electron chi connectivity index (χ1n) is 6.96. The molecule has 1 aromatic carbocycles. The Balaban J connectivity index is 2.07. The molecule has 3 rings (SSSR count). The average molecular weight is 257 g/mol. The van der Waals surface area contributed by atoms with Crippen LogP contribution in [0.1, 0.15) is 31.2 Å². The van der Waals surface area contributed by atoms with Crippen molar-refractivity contribution in [1.29, 1.82) is 0 Å². The molecule has 0 N–H and O–H groups in total. The molecule has 1 aromatic rings. The molecule has 1 aliphatic carbocycles. The summed E-state index contributed by atoms with van der Waals surface area (Å²) in [6.07, 6.45) is 2.69. The molecule has 1 amide bonds. The molecule has 1 heterocycles. The molecular weight excluding hydrogens is 238 g/mol. The summed E-state index contributed by atoms with van der Waals surface area (Å²) in [5, 5.41) is 0. The van der Waals surface area contributed by atoms with E-state index in [2.05, 4.69) is 12.1 Å². The van der Waals surface area contributed by atoms with E-state index in [0.29, 0.717) is 25.0 Å². The second-order valence-corrected chi connectivity index (χ2v) is 5.84. The van der Waals surface area contributed by atoms with Crippen LogP contribution in [0.2, 0.25) is 0 Å². The number of rotatable bonds is 1. The highest BCUT2D eigenvalue weighted by molar-refractivity contribution is 5.88. The Labute approximate surface area is 113 Å². The fourth-order valence-electron chi connectivity index (χ4n) is 3.73. The zero-order valence-corrected chi connectivity index (χ0v) is 11.3. The number of carbonyl (C=O) groups is 2. The van der Waals surface area contributed by atoms with Gasteiger partial charge in [-0.1, -0.05) is 30.3 Å². The summed E-state index contributed by atoms with van der Waals surface area (Å²) in [7, 11) is 1.87. The number of amides is 1. The standard InChI is InChI=1S/C16H19NO2/c1-17-10-9-16(12-5-3-2-4-6-12)11-13(18)7-8-14(16)15(17)19/h2-6,14H,7-11H2,1H3/t14-,16-/m1/s1. The lowest BCUT2D eigenvalue weighted by Crippen LogP contribution is -2.55. The maximum atomic E-state index is 12.5. The van der Waals surface area contributed by atoms with Crippen molar-refractivity contribution in [1.82, 2.24) is 4.90 Å². The van der Waals surface area contributed by atoms with Crippen molar-refractivity contribution in [2.24, 2.45) is 5.92 Å². The van der Waals surface area contributed by atoms with Crippen LogP contribution in [0.25, 0.3) is 0 Å². The molecule has 3 nitrogen and oxygen atoms in total. The summed E-state index contributed by atoms with van der Waals surface area (Å²) >= 11 is 0. The van der Waals surface area contributed by atoms with Gasteiger partial charge in [0, 0.05) is 37.8 Å². The van der Waals surface area contributed by atoms with Crippen molar-refractivity contribution in [3.05, 3.63) is 35.9 Å². The van der Waals surface area contributed by atoms with E-state index in [4.69, 9.17) is 0 Å². The van der Waals surface area contributed by atoms with Gasteiger partial charge in [-0.3, -0.25) is 9.59 Å². The Morgan fingerprint density at radius 3 is 2.68 bits per heavy atom. The fourth-order valence-corrected chi connectivity index (χ4v) is 3.73. The number of Topliss-reactive ketones (excluding diaryl/α,β-unsaturated/α-hetero) is 1. The second kappa shape index (κ2) is 4.48. The fraction of sp³-hybridized carbons (Fsp3) is 0.500. The van der Waals surface area contributed by atoms with E-state index in [1.807, 2.05) is 30.1 Å². The molecule has 2 atom stereocenters. The van der Waals surface area contributed by atoms with Gasteiger partial charge in [0.1, 0.15) is 5.78 Å². The molecule has 0 unspecified atom stereocenters. The lowest BCUT2D eigenvalue weighted by Gasteiger charge is -2.48. The lowest BCUT2D eigenvalue weighted by atomic mass is 9.58. The first-order valence-corrected chi connectivity index (χ1v) is 6.96. The van der Waals surface area contributed by atoms with Crippen molar-refractivity contribution in [3.63, 3.8) is 0 Å². The van der Waals surface area contributed by atoms with Gasteiger partial charge in [-0.25, -0.2) is 0 Å². The van der Waals surface area contributed by atoms with Gasteiger partial charge < -0.3 is 4.90 Å². The number of nitrogens with zero attached hydrogens (tertiary/aromatic N) is 1. The minimum absolute atomic E-state index is 0.0219. The van der Waals surface area contributed by atoms with Crippen LogP contribution >= 0.6 is 0 Å². The average Bonchev–Trinajstić information content (AvgIpc) is 2.44. The molecule has 0 spiro atoms. The smallest absolute Gasteiger partial charge is 0.226 e. The van der Waals surface area contributed by atoms with Crippen molar-refractivity contribution < 1.29 is 9.59 Å². The number of hydrogen-bond acceptors (Lipinski definition) is 2. The Morgan fingerprint density at radius 2 is 1.95 bits per heavy atom. The molecule has 100 valence electrons. The molecule has 1 saturated carbocycles. The summed E-state index contributed by atoms with van der Waals surface area (Å²) in [6, 6.07) is 10.1. The van der Waals surface area contributed by atoms with Gasteiger partial charge in [0.15, 0.2) is 0 Å². The largest absolute Gasteiger partial charge is 0.345 e. The molecular formula is C16H19NO2. The minimum atomic E-state index is -0.250. The highest BCUT2D eigenvalue weighted by atomic mass is 16.2. The molecule has 19 heavy (non-hydrogen) atoms. The maximum absolute atomic E-state index is 12.5. The highest BCUT2D eigenvalue weighted by Crippen LogP contribution is 2.48. The van der Waals surface area contributed by atoms with Gasteiger partial charge in [-0.05, 0) is 18.4 Å². The van der Waals surface area contributed by atoms with Crippen molar-refractivity contribution in [2.75, 3.05) is 13.6 Å². The van der Waals surface area contributed by atoms with Gasteiger partial charge in [0.25, 0.3) is 0 Å². The van der Waals surface area contributed by atoms with Crippen LogP contribution in [0.4, 0.5) is 0 Å². The molecule has 1 aliphatic heterocycles. The van der Waals surface area contributed by atoms with Crippen LogP contribution in [0.3, 0.4) is 0 Å². The Kier molecular flexibility index (Phi) is 2.92. The summed E-state index contributed by atoms with van der Waals surface area (Å²) in [5.41, 5.74) is 0.912. The second-order valence-electron chi connectivity index (χ2n) is 5.84. The molecule has 3 heteroatoms. The first-order chi connectivity index (χ1) is 9.13. The van der Waals surface area contributed by atoms with E-state index >= 15 is 0 Å². The normalized spacial score (nSPS) is 31.2. The Morgan fingerprint density at radius 1 is 1.21 bits per heavy atom. The molecule has 0 bridgehead atoms. The number of benzene rings is 1. The predicted octanol–water partition coefficient (Wildman–Crippen LogP) is 2.16. The number of likely N-dealkylation sites (tertiary alicyclic amines) is 1. The van der Waals surface area contributed by atoms with E-state index < -0.39 is 0 Å². The van der Waals surface area contributed by atoms with Crippen molar-refractivity contribution in [3.8, 4) is 0 Å². The van der Waals surface area contributed by atoms with Gasteiger partial charge >= 0.3 is 0 Å². The maximum Gasteiger partial charge on any atom is 0.226 e. The van der Waals surface area contributed by atoms with Crippen molar-refractivity contribution in [2.45, 2.75) is 31.1 Å². The number of fused-ring (bicyclic) bond motifs is 1. The van der Waals surface area contributed by atoms with Gasteiger partial charge in [-0.2, -0.15) is 0 Å². The van der Waals surface area contributed by atoms with Gasteiger partial charge in [0.2, 0.25) is 5.91 Å². The minimum Gasteiger partial charge on any atom is -0.345 e. The van der Waals surface area contributed by atoms with Crippen LogP contribution in [-0.4, -0.2) is 30.2 Å². The predicted molar refractivity (Wildman–Crippen MR) is 72.7 cm³/mol. The molecule has 0 radical (unpaired) electrons. The third-order valence-electron chi connectivity index (χ3n) is 4.81. The summed E-state index contributed by atoms with van der Waals surface area (Å²) in [5.74, 6) is 0.492. The van der Waals surface area contributed by atoms with E-state index in [-0.39, 0.29) is 17.2 Å². The lowest BCUT2D eigenvalue weighted by molar-refractivity contribution is -0.145. The van der Waals surface area contributed by atoms with Gasteiger partial charge in [0.05, 0.1) is 0 Å². The molecule has 0 aromatic heterocycles. The van der Waals surface area contributed by atoms with Crippen LogP contribution in [0, 0.1) is 5.92 Å². The third kappa shape index (κ3) is 1.88. The summed E-state index contributed by atoms with van der Waals surface area (Å²) in [4.78, 5) is 26.2. The quantitative estimate of drug-likeness (QED) is 0.773. The van der Waals surface area contributed by atoms with E-state index in [0.717, 1.165) is 18.5 Å². The number of carbonyl (C=O) groups excluding carboxylic acids is 2. The van der Waals surface area contributed by atoms with E-state index in [1.54, 1.807) is 0 Å². The number of piperidine rings is 1.